The minimum Gasteiger partial charge on any atom is -0.367 e. The molecule has 1 amide bonds. The number of benzene rings is 2. The summed E-state index contributed by atoms with van der Waals surface area (Å²) in [5.41, 5.74) is 2.45. The van der Waals surface area contributed by atoms with E-state index in [-0.39, 0.29) is 18.1 Å². The molecule has 0 spiro atoms. The largest absolute Gasteiger partial charge is 0.367 e. The number of para-hydroxylation sites is 1. The molecule has 1 N–H and O–H groups in total. The smallest absolute Gasteiger partial charge is 0.275 e. The minimum atomic E-state index is -0.107. The molecule has 4 rings (SSSR count). The first-order valence-corrected chi connectivity index (χ1v) is 8.15. The molecule has 2 atom stereocenters. The standard InChI is InChI=1S/C19H19N3O2/c1-13-11-22(12-17(24-13)14-7-3-2-4-8-14)19(23)18-15-9-5-6-10-16(15)20-21-18/h2-10,13,17H,11-12H2,1H3,(H,20,21). The first-order chi connectivity index (χ1) is 11.7. The van der Waals surface area contributed by atoms with Gasteiger partial charge >= 0.3 is 0 Å². The fraction of sp³-hybridized carbons (Fsp3) is 0.263. The van der Waals surface area contributed by atoms with Crippen molar-refractivity contribution < 1.29 is 9.53 Å². The Morgan fingerprint density at radius 1 is 1.12 bits per heavy atom. The molecule has 122 valence electrons. The predicted molar refractivity (Wildman–Crippen MR) is 91.7 cm³/mol. The van der Waals surface area contributed by atoms with Crippen LogP contribution in [0.5, 0.6) is 0 Å². The maximum Gasteiger partial charge on any atom is 0.275 e. The predicted octanol–water partition coefficient (Wildman–Crippen LogP) is 3.17. The van der Waals surface area contributed by atoms with Crippen LogP contribution >= 0.6 is 0 Å². The Hall–Kier alpha value is -2.66. The van der Waals surface area contributed by atoms with E-state index in [9.17, 15) is 4.79 Å². The van der Waals surface area contributed by atoms with Crippen LogP contribution in [0.2, 0.25) is 0 Å². The number of carbonyl (C=O) groups excluding carboxylic acids is 1. The maximum atomic E-state index is 13.0. The third-order valence-electron chi connectivity index (χ3n) is 4.39. The SMILES string of the molecule is CC1CN(C(=O)c2n[nH]c3ccccc23)CC(c2ccccc2)O1. The van der Waals surface area contributed by atoms with Crippen LogP contribution in [-0.4, -0.2) is 40.2 Å². The number of aromatic nitrogens is 2. The van der Waals surface area contributed by atoms with Crippen LogP contribution in [0.15, 0.2) is 54.6 Å². The van der Waals surface area contributed by atoms with Crippen LogP contribution in [0, 0.1) is 0 Å². The van der Waals surface area contributed by atoms with Gasteiger partial charge in [0.05, 0.1) is 18.2 Å². The van der Waals surface area contributed by atoms with Crippen LogP contribution in [0.25, 0.3) is 10.9 Å². The topological polar surface area (TPSA) is 58.2 Å². The van der Waals surface area contributed by atoms with Gasteiger partial charge in [-0.15, -0.1) is 0 Å². The van der Waals surface area contributed by atoms with E-state index in [1.54, 1.807) is 0 Å². The lowest BCUT2D eigenvalue weighted by Gasteiger charge is -2.36. The van der Waals surface area contributed by atoms with Gasteiger partial charge in [0.25, 0.3) is 5.91 Å². The van der Waals surface area contributed by atoms with E-state index in [1.165, 1.54) is 0 Å². The first kappa shape index (κ1) is 14.9. The van der Waals surface area contributed by atoms with Crippen LogP contribution in [-0.2, 0) is 4.74 Å². The zero-order chi connectivity index (χ0) is 16.5. The average molecular weight is 321 g/mol. The summed E-state index contributed by atoms with van der Waals surface area (Å²) in [4.78, 5) is 14.8. The summed E-state index contributed by atoms with van der Waals surface area (Å²) in [6, 6.07) is 17.7. The van der Waals surface area contributed by atoms with Crippen molar-refractivity contribution in [1.82, 2.24) is 15.1 Å². The van der Waals surface area contributed by atoms with Gasteiger partial charge < -0.3 is 9.64 Å². The molecule has 2 unspecified atom stereocenters. The molecule has 1 aliphatic rings. The summed E-state index contributed by atoms with van der Waals surface area (Å²) in [5, 5.41) is 8.03. The molecule has 5 heteroatoms. The highest BCUT2D eigenvalue weighted by Crippen LogP contribution is 2.27. The highest BCUT2D eigenvalue weighted by Gasteiger charge is 2.31. The number of nitrogens with one attached hydrogen (secondary N) is 1. The van der Waals surface area contributed by atoms with Crippen molar-refractivity contribution in [2.24, 2.45) is 0 Å². The molecule has 2 aromatic carbocycles. The van der Waals surface area contributed by atoms with Crippen molar-refractivity contribution in [3.63, 3.8) is 0 Å². The number of morpholine rings is 1. The molecule has 0 aliphatic carbocycles. The van der Waals surface area contributed by atoms with Gasteiger partial charge in [0.2, 0.25) is 0 Å². The summed E-state index contributed by atoms with van der Waals surface area (Å²) in [6.07, 6.45) is -0.123. The quantitative estimate of drug-likeness (QED) is 0.789. The van der Waals surface area contributed by atoms with Gasteiger partial charge in [0.1, 0.15) is 6.10 Å². The number of aromatic amines is 1. The number of nitrogens with zero attached hydrogens (tertiary/aromatic N) is 2. The zero-order valence-electron chi connectivity index (χ0n) is 13.5. The lowest BCUT2D eigenvalue weighted by molar-refractivity contribution is -0.0692. The van der Waals surface area contributed by atoms with Gasteiger partial charge in [-0.2, -0.15) is 5.10 Å². The summed E-state index contributed by atoms with van der Waals surface area (Å²) < 4.78 is 6.04. The van der Waals surface area contributed by atoms with Crippen molar-refractivity contribution in [3.8, 4) is 0 Å². The molecular formula is C19H19N3O2. The van der Waals surface area contributed by atoms with E-state index in [2.05, 4.69) is 10.2 Å². The van der Waals surface area contributed by atoms with Crippen molar-refractivity contribution in [2.75, 3.05) is 13.1 Å². The van der Waals surface area contributed by atoms with E-state index in [4.69, 9.17) is 4.74 Å². The molecule has 2 heterocycles. The number of fused-ring (bicyclic) bond motifs is 1. The van der Waals surface area contributed by atoms with Crippen molar-refractivity contribution >= 4 is 16.8 Å². The molecule has 0 saturated carbocycles. The summed E-state index contributed by atoms with van der Waals surface area (Å²) in [7, 11) is 0. The van der Waals surface area contributed by atoms with Crippen molar-refractivity contribution in [1.29, 1.82) is 0 Å². The van der Waals surface area contributed by atoms with Crippen LogP contribution in [0.3, 0.4) is 0 Å². The van der Waals surface area contributed by atoms with Crippen LogP contribution in [0.1, 0.15) is 29.1 Å². The fourth-order valence-corrected chi connectivity index (χ4v) is 3.25. The van der Waals surface area contributed by atoms with E-state index >= 15 is 0 Å². The van der Waals surface area contributed by atoms with Crippen molar-refractivity contribution in [3.05, 3.63) is 65.9 Å². The molecule has 1 aliphatic heterocycles. The van der Waals surface area contributed by atoms with E-state index in [0.717, 1.165) is 16.5 Å². The van der Waals surface area contributed by atoms with E-state index in [0.29, 0.717) is 18.8 Å². The van der Waals surface area contributed by atoms with Gasteiger partial charge in [-0.05, 0) is 18.6 Å². The number of rotatable bonds is 2. The second-order valence-corrected chi connectivity index (χ2v) is 6.17. The van der Waals surface area contributed by atoms with Gasteiger partial charge in [-0.3, -0.25) is 9.89 Å². The van der Waals surface area contributed by atoms with Crippen LogP contribution in [0.4, 0.5) is 0 Å². The second-order valence-electron chi connectivity index (χ2n) is 6.17. The Labute approximate surface area is 140 Å². The maximum absolute atomic E-state index is 13.0. The van der Waals surface area contributed by atoms with Gasteiger partial charge in [0.15, 0.2) is 5.69 Å². The molecule has 1 fully saturated rings. The highest BCUT2D eigenvalue weighted by atomic mass is 16.5. The molecule has 1 saturated heterocycles. The summed E-state index contributed by atoms with van der Waals surface area (Å²) in [5.74, 6) is -0.0523. The van der Waals surface area contributed by atoms with Gasteiger partial charge in [0, 0.05) is 11.9 Å². The number of hydrogen-bond donors (Lipinski definition) is 1. The van der Waals surface area contributed by atoms with Crippen molar-refractivity contribution in [2.45, 2.75) is 19.1 Å². The van der Waals surface area contributed by atoms with E-state index < -0.39 is 0 Å². The Kier molecular flexibility index (Phi) is 3.78. The summed E-state index contributed by atoms with van der Waals surface area (Å²) >= 11 is 0. The number of amides is 1. The lowest BCUT2D eigenvalue weighted by Crippen LogP contribution is -2.46. The molecule has 24 heavy (non-hydrogen) atoms. The Morgan fingerprint density at radius 3 is 2.71 bits per heavy atom. The normalized spacial score (nSPS) is 21.1. The zero-order valence-corrected chi connectivity index (χ0v) is 13.5. The van der Waals surface area contributed by atoms with Crippen LogP contribution < -0.4 is 0 Å². The average Bonchev–Trinajstić information content (AvgIpc) is 3.05. The minimum absolute atomic E-state index is 0.0156. The number of H-pyrrole nitrogens is 1. The molecule has 1 aromatic heterocycles. The Balaban J connectivity index is 1.62. The molecule has 0 bridgehead atoms. The number of carbonyl (C=O) groups is 1. The molecule has 0 radical (unpaired) electrons. The Bertz CT molecular complexity index is 859. The fourth-order valence-electron chi connectivity index (χ4n) is 3.25. The number of hydrogen-bond acceptors (Lipinski definition) is 3. The first-order valence-electron chi connectivity index (χ1n) is 8.15. The third-order valence-corrected chi connectivity index (χ3v) is 4.39. The second kappa shape index (κ2) is 6.09. The monoisotopic (exact) mass is 321 g/mol. The molecule has 5 nitrogen and oxygen atoms in total. The molecular weight excluding hydrogens is 302 g/mol. The number of ether oxygens (including phenoxy) is 1. The van der Waals surface area contributed by atoms with Gasteiger partial charge in [-0.1, -0.05) is 48.5 Å². The van der Waals surface area contributed by atoms with Gasteiger partial charge in [-0.25, -0.2) is 0 Å². The lowest BCUT2D eigenvalue weighted by atomic mass is 10.1. The highest BCUT2D eigenvalue weighted by molar-refractivity contribution is 6.04. The summed E-state index contributed by atoms with van der Waals surface area (Å²) in [6.45, 7) is 3.11. The Morgan fingerprint density at radius 2 is 1.88 bits per heavy atom. The van der Waals surface area contributed by atoms with E-state index in [1.807, 2.05) is 66.4 Å². The molecule has 3 aromatic rings. The third kappa shape index (κ3) is 2.67.